The maximum Gasteiger partial charge on any atom is 0.319 e. The molecule has 2 aromatic rings. The molecule has 0 saturated carbocycles. The fourth-order valence-electron chi connectivity index (χ4n) is 1.93. The number of anilines is 1. The number of rotatable bonds is 5. The van der Waals surface area contributed by atoms with Gasteiger partial charge in [0.05, 0.1) is 6.04 Å². The highest BCUT2D eigenvalue weighted by Gasteiger charge is 2.12. The van der Waals surface area contributed by atoms with Gasteiger partial charge in [0, 0.05) is 23.3 Å². The number of thiazole rings is 1. The smallest absolute Gasteiger partial charge is 0.319 e. The van der Waals surface area contributed by atoms with Crippen molar-refractivity contribution in [1.82, 2.24) is 15.6 Å². The van der Waals surface area contributed by atoms with Gasteiger partial charge >= 0.3 is 6.03 Å². The predicted molar refractivity (Wildman–Crippen MR) is 86.6 cm³/mol. The van der Waals surface area contributed by atoms with Crippen LogP contribution in [-0.2, 0) is 0 Å². The molecule has 0 saturated heterocycles. The highest BCUT2D eigenvalue weighted by atomic mass is 32.1. The van der Waals surface area contributed by atoms with Crippen molar-refractivity contribution < 1.29 is 4.79 Å². The molecule has 0 spiro atoms. The van der Waals surface area contributed by atoms with Crippen molar-refractivity contribution in [3.63, 3.8) is 0 Å². The van der Waals surface area contributed by atoms with Crippen molar-refractivity contribution in [3.05, 3.63) is 46.4 Å². The Labute approximate surface area is 128 Å². The second-order valence-electron chi connectivity index (χ2n) is 4.83. The highest BCUT2D eigenvalue weighted by molar-refractivity contribution is 7.09. The first kappa shape index (κ1) is 15.5. The van der Waals surface area contributed by atoms with Gasteiger partial charge < -0.3 is 16.0 Å². The molecule has 2 unspecified atom stereocenters. The van der Waals surface area contributed by atoms with Crippen LogP contribution < -0.4 is 16.0 Å². The van der Waals surface area contributed by atoms with Crippen LogP contribution in [0.5, 0.6) is 0 Å². The molecule has 0 aliphatic rings. The zero-order chi connectivity index (χ0) is 15.2. The van der Waals surface area contributed by atoms with Crippen molar-refractivity contribution >= 4 is 23.1 Å². The first-order valence-electron chi connectivity index (χ1n) is 6.84. The minimum absolute atomic E-state index is 0.107. The van der Waals surface area contributed by atoms with Crippen LogP contribution >= 0.6 is 11.3 Å². The van der Waals surface area contributed by atoms with Crippen molar-refractivity contribution in [2.24, 2.45) is 0 Å². The van der Waals surface area contributed by atoms with E-state index in [1.165, 1.54) is 11.3 Å². The monoisotopic (exact) mass is 304 g/mol. The average molecular weight is 304 g/mol. The fraction of sp³-hybridized carbons (Fsp3) is 0.333. The van der Waals surface area contributed by atoms with Crippen molar-refractivity contribution in [3.8, 4) is 0 Å². The molecule has 0 aliphatic carbocycles. The Balaban J connectivity index is 1.96. The largest absolute Gasteiger partial charge is 0.329 e. The minimum atomic E-state index is -0.230. The number of benzene rings is 1. The third-order valence-corrected chi connectivity index (χ3v) is 4.21. The molecule has 2 amide bonds. The average Bonchev–Trinajstić information content (AvgIpc) is 3.00. The molecule has 5 nitrogen and oxygen atoms in total. The second-order valence-corrected chi connectivity index (χ2v) is 5.75. The Hall–Kier alpha value is -1.92. The second kappa shape index (κ2) is 7.19. The van der Waals surface area contributed by atoms with Crippen LogP contribution in [0.4, 0.5) is 10.5 Å². The zero-order valence-corrected chi connectivity index (χ0v) is 13.2. The highest BCUT2D eigenvalue weighted by Crippen LogP contribution is 2.18. The summed E-state index contributed by atoms with van der Waals surface area (Å²) in [5.74, 6) is 0. The van der Waals surface area contributed by atoms with Gasteiger partial charge in [-0.1, -0.05) is 12.1 Å². The Bertz CT molecular complexity index is 585. The van der Waals surface area contributed by atoms with Crippen LogP contribution in [0.1, 0.15) is 36.5 Å². The van der Waals surface area contributed by atoms with Gasteiger partial charge in [-0.2, -0.15) is 0 Å². The number of carbonyl (C=O) groups is 1. The van der Waals surface area contributed by atoms with E-state index >= 15 is 0 Å². The van der Waals surface area contributed by atoms with E-state index in [1.807, 2.05) is 43.6 Å². The molecule has 3 N–H and O–H groups in total. The molecule has 2 rings (SSSR count). The fourth-order valence-corrected chi connectivity index (χ4v) is 2.57. The van der Waals surface area contributed by atoms with Gasteiger partial charge in [-0.3, -0.25) is 0 Å². The molecule has 0 bridgehead atoms. The third-order valence-electron chi connectivity index (χ3n) is 3.25. The summed E-state index contributed by atoms with van der Waals surface area (Å²) in [5.41, 5.74) is 1.90. The molecule has 21 heavy (non-hydrogen) atoms. The van der Waals surface area contributed by atoms with Crippen molar-refractivity contribution in [1.29, 1.82) is 0 Å². The molecule has 112 valence electrons. The lowest BCUT2D eigenvalue weighted by molar-refractivity contribution is 0.249. The molecule has 2 atom stereocenters. The number of nitrogens with one attached hydrogen (secondary N) is 3. The van der Waals surface area contributed by atoms with Crippen LogP contribution in [0.15, 0.2) is 35.8 Å². The van der Waals surface area contributed by atoms with E-state index in [0.29, 0.717) is 0 Å². The normalized spacial score (nSPS) is 13.5. The molecular formula is C15H20N4OS. The Morgan fingerprint density at radius 3 is 2.76 bits per heavy atom. The van der Waals surface area contributed by atoms with Crippen LogP contribution in [0.3, 0.4) is 0 Å². The Kier molecular flexibility index (Phi) is 5.30. The molecule has 6 heteroatoms. The molecule has 1 aromatic carbocycles. The van der Waals surface area contributed by atoms with Gasteiger partial charge in [-0.05, 0) is 38.6 Å². The maximum absolute atomic E-state index is 12.0. The SMILES string of the molecule is CNC(C)c1cccc(NC(=O)NC(C)c2nccs2)c1. The number of hydrogen-bond acceptors (Lipinski definition) is 4. The van der Waals surface area contributed by atoms with E-state index in [1.54, 1.807) is 6.20 Å². The number of carbonyl (C=O) groups excluding carboxylic acids is 1. The molecular weight excluding hydrogens is 284 g/mol. The standard InChI is InChI=1S/C15H20N4OS/c1-10(16-3)12-5-4-6-13(9-12)19-15(20)18-11(2)14-17-7-8-21-14/h4-11,16H,1-3H3,(H2,18,19,20). The van der Waals surface area contributed by atoms with Gasteiger partial charge in [0.15, 0.2) is 0 Å². The first-order valence-corrected chi connectivity index (χ1v) is 7.72. The lowest BCUT2D eigenvalue weighted by Crippen LogP contribution is -2.31. The van der Waals surface area contributed by atoms with Gasteiger partial charge in [0.1, 0.15) is 5.01 Å². The zero-order valence-electron chi connectivity index (χ0n) is 12.4. The quantitative estimate of drug-likeness (QED) is 0.794. The Morgan fingerprint density at radius 2 is 2.10 bits per heavy atom. The molecule has 1 aromatic heterocycles. The summed E-state index contributed by atoms with van der Waals surface area (Å²) in [6.07, 6.45) is 1.73. The first-order chi connectivity index (χ1) is 10.1. The Morgan fingerprint density at radius 1 is 1.29 bits per heavy atom. The minimum Gasteiger partial charge on any atom is -0.329 e. The van der Waals surface area contributed by atoms with Crippen LogP contribution in [-0.4, -0.2) is 18.1 Å². The summed E-state index contributed by atoms with van der Waals surface area (Å²) >= 11 is 1.53. The summed E-state index contributed by atoms with van der Waals surface area (Å²) in [4.78, 5) is 16.2. The summed E-state index contributed by atoms with van der Waals surface area (Å²) in [5, 5.41) is 11.7. The van der Waals surface area contributed by atoms with Crippen molar-refractivity contribution in [2.45, 2.75) is 25.9 Å². The third kappa shape index (κ3) is 4.27. The van der Waals surface area contributed by atoms with Gasteiger partial charge in [-0.25, -0.2) is 9.78 Å². The predicted octanol–water partition coefficient (Wildman–Crippen LogP) is 3.31. The molecule has 0 fully saturated rings. The van der Waals surface area contributed by atoms with E-state index in [4.69, 9.17) is 0 Å². The van der Waals surface area contributed by atoms with Crippen LogP contribution in [0.25, 0.3) is 0 Å². The summed E-state index contributed by atoms with van der Waals surface area (Å²) in [6.45, 7) is 3.99. The number of aromatic nitrogens is 1. The van der Waals surface area contributed by atoms with Crippen LogP contribution in [0, 0.1) is 0 Å². The van der Waals surface area contributed by atoms with E-state index in [9.17, 15) is 4.79 Å². The van der Waals surface area contributed by atoms with E-state index < -0.39 is 0 Å². The van der Waals surface area contributed by atoms with E-state index in [0.717, 1.165) is 16.3 Å². The van der Waals surface area contributed by atoms with Crippen molar-refractivity contribution in [2.75, 3.05) is 12.4 Å². The summed E-state index contributed by atoms with van der Waals surface area (Å²) in [6, 6.07) is 7.71. The maximum atomic E-state index is 12.0. The lowest BCUT2D eigenvalue weighted by Gasteiger charge is -2.14. The number of urea groups is 1. The van der Waals surface area contributed by atoms with Gasteiger partial charge in [0.2, 0.25) is 0 Å². The summed E-state index contributed by atoms with van der Waals surface area (Å²) in [7, 11) is 1.91. The number of nitrogens with zero attached hydrogens (tertiary/aromatic N) is 1. The molecule has 0 aliphatic heterocycles. The number of amides is 2. The van der Waals surface area contributed by atoms with Gasteiger partial charge in [0.25, 0.3) is 0 Å². The lowest BCUT2D eigenvalue weighted by atomic mass is 10.1. The molecule has 1 heterocycles. The van der Waals surface area contributed by atoms with Gasteiger partial charge in [-0.15, -0.1) is 11.3 Å². The summed E-state index contributed by atoms with van der Waals surface area (Å²) < 4.78 is 0. The van der Waals surface area contributed by atoms with E-state index in [-0.39, 0.29) is 18.1 Å². The molecule has 0 radical (unpaired) electrons. The topological polar surface area (TPSA) is 66.0 Å². The number of hydrogen-bond donors (Lipinski definition) is 3. The van der Waals surface area contributed by atoms with Crippen LogP contribution in [0.2, 0.25) is 0 Å². The van der Waals surface area contributed by atoms with E-state index in [2.05, 4.69) is 27.9 Å².